The van der Waals surface area contributed by atoms with Crippen molar-refractivity contribution in [1.82, 2.24) is 14.8 Å². The third-order valence-corrected chi connectivity index (χ3v) is 6.76. The molecule has 0 aliphatic carbocycles. The molecule has 3 aliphatic rings. The fourth-order valence-electron chi connectivity index (χ4n) is 4.88. The van der Waals surface area contributed by atoms with E-state index in [1.165, 1.54) is 6.07 Å². The van der Waals surface area contributed by atoms with Gasteiger partial charge in [0, 0.05) is 43.2 Å². The molecule has 6 rings (SSSR count). The van der Waals surface area contributed by atoms with Crippen molar-refractivity contribution < 1.29 is 23.5 Å². The minimum atomic E-state index is -0.611. The van der Waals surface area contributed by atoms with Gasteiger partial charge in [0.05, 0.1) is 11.6 Å². The number of amides is 2. The van der Waals surface area contributed by atoms with Gasteiger partial charge in [0.15, 0.2) is 17.3 Å². The minimum Gasteiger partial charge on any atom is -0.454 e. The Labute approximate surface area is 200 Å². The molecular weight excluding hydrogens is 453 g/mol. The number of nitrogens with one attached hydrogen (secondary N) is 1. The summed E-state index contributed by atoms with van der Waals surface area (Å²) < 4.78 is 27.4. The second-order valence-corrected chi connectivity index (χ2v) is 9.03. The molecule has 35 heavy (non-hydrogen) atoms. The van der Waals surface area contributed by atoms with Crippen LogP contribution in [0.25, 0.3) is 11.4 Å². The van der Waals surface area contributed by atoms with E-state index < -0.39 is 17.6 Å². The minimum absolute atomic E-state index is 0.0409. The molecule has 0 spiro atoms. The summed E-state index contributed by atoms with van der Waals surface area (Å²) in [6.07, 6.45) is 4.16. The van der Waals surface area contributed by atoms with E-state index in [1.54, 1.807) is 35.2 Å². The summed E-state index contributed by atoms with van der Waals surface area (Å²) >= 11 is 0. The van der Waals surface area contributed by atoms with Gasteiger partial charge >= 0.3 is 0 Å². The smallest absolute Gasteiger partial charge is 0.231 e. The number of anilines is 2. The van der Waals surface area contributed by atoms with Crippen molar-refractivity contribution in [2.24, 2.45) is 5.92 Å². The summed E-state index contributed by atoms with van der Waals surface area (Å²) in [6.45, 7) is 1.15. The van der Waals surface area contributed by atoms with E-state index in [1.807, 2.05) is 0 Å². The zero-order valence-corrected chi connectivity index (χ0v) is 19.0. The Hall–Kier alpha value is -3.95. The van der Waals surface area contributed by atoms with Crippen LogP contribution < -0.4 is 19.7 Å². The van der Waals surface area contributed by atoms with Crippen LogP contribution in [0, 0.1) is 11.7 Å². The molecular formula is C25H24FN5O4. The number of ether oxygens (including phenoxy) is 2. The molecule has 1 atom stereocenters. The normalized spacial score (nSPS) is 18.9. The van der Waals surface area contributed by atoms with Gasteiger partial charge in [-0.2, -0.15) is 0 Å². The number of benzene rings is 2. The van der Waals surface area contributed by atoms with Crippen molar-refractivity contribution in [2.75, 3.05) is 23.6 Å². The monoisotopic (exact) mass is 477 g/mol. The van der Waals surface area contributed by atoms with E-state index in [0.717, 1.165) is 38.1 Å². The first-order valence-electron chi connectivity index (χ1n) is 11.8. The Morgan fingerprint density at radius 3 is 2.86 bits per heavy atom. The third kappa shape index (κ3) is 3.98. The highest BCUT2D eigenvalue weighted by atomic mass is 19.1. The maximum Gasteiger partial charge on any atom is 0.231 e. The average Bonchev–Trinajstić information content (AvgIpc) is 3.55. The number of halogens is 1. The van der Waals surface area contributed by atoms with Crippen LogP contribution in [0.3, 0.4) is 0 Å². The van der Waals surface area contributed by atoms with Gasteiger partial charge in [-0.3, -0.25) is 9.59 Å². The van der Waals surface area contributed by atoms with Crippen LogP contribution in [-0.2, 0) is 22.6 Å². The van der Waals surface area contributed by atoms with E-state index in [-0.39, 0.29) is 31.4 Å². The second-order valence-electron chi connectivity index (χ2n) is 9.03. The molecule has 180 valence electrons. The Bertz CT molecular complexity index is 1320. The average molecular weight is 477 g/mol. The molecule has 2 amide bonds. The fourth-order valence-corrected chi connectivity index (χ4v) is 4.88. The third-order valence-electron chi connectivity index (χ3n) is 6.76. The van der Waals surface area contributed by atoms with Gasteiger partial charge in [0.1, 0.15) is 11.6 Å². The van der Waals surface area contributed by atoms with Crippen LogP contribution in [0.2, 0.25) is 0 Å². The van der Waals surface area contributed by atoms with E-state index in [2.05, 4.69) is 20.1 Å². The predicted molar refractivity (Wildman–Crippen MR) is 125 cm³/mol. The highest BCUT2D eigenvalue weighted by Gasteiger charge is 2.36. The number of carbonyl (C=O) groups is 2. The summed E-state index contributed by atoms with van der Waals surface area (Å²) in [5.74, 6) is 1.04. The van der Waals surface area contributed by atoms with E-state index in [4.69, 9.17) is 9.47 Å². The van der Waals surface area contributed by atoms with Gasteiger partial charge < -0.3 is 24.3 Å². The number of carbonyl (C=O) groups excluding carboxylic acids is 2. The molecule has 10 heteroatoms. The molecule has 0 saturated carbocycles. The number of aromatic nitrogens is 3. The first kappa shape index (κ1) is 21.6. The molecule has 1 aromatic heterocycles. The highest BCUT2D eigenvalue weighted by Crippen LogP contribution is 2.37. The van der Waals surface area contributed by atoms with Gasteiger partial charge in [-0.05, 0) is 43.2 Å². The maximum absolute atomic E-state index is 14.6. The number of nitrogens with zero attached hydrogens (tertiary/aromatic N) is 4. The molecule has 3 aliphatic heterocycles. The molecule has 9 nitrogen and oxygen atoms in total. The Balaban J connectivity index is 1.19. The Morgan fingerprint density at radius 2 is 1.94 bits per heavy atom. The maximum atomic E-state index is 14.6. The zero-order valence-electron chi connectivity index (χ0n) is 19.0. The molecule has 4 heterocycles. The van der Waals surface area contributed by atoms with Gasteiger partial charge in [-0.1, -0.05) is 6.42 Å². The lowest BCUT2D eigenvalue weighted by molar-refractivity contribution is -0.122. The Kier molecular flexibility index (Phi) is 5.35. The van der Waals surface area contributed by atoms with Crippen molar-refractivity contribution in [1.29, 1.82) is 0 Å². The van der Waals surface area contributed by atoms with Crippen LogP contribution in [0.1, 0.15) is 31.5 Å². The first-order chi connectivity index (χ1) is 17.1. The van der Waals surface area contributed by atoms with Crippen molar-refractivity contribution in [3.05, 3.63) is 48.0 Å². The quantitative estimate of drug-likeness (QED) is 0.617. The van der Waals surface area contributed by atoms with Crippen molar-refractivity contribution >= 4 is 23.2 Å². The molecule has 1 fully saturated rings. The number of hydrogen-bond acceptors (Lipinski definition) is 6. The van der Waals surface area contributed by atoms with Crippen LogP contribution in [0.15, 0.2) is 36.4 Å². The number of fused-ring (bicyclic) bond motifs is 2. The summed E-state index contributed by atoms with van der Waals surface area (Å²) in [4.78, 5) is 27.2. The molecule has 2 aromatic carbocycles. The van der Waals surface area contributed by atoms with Gasteiger partial charge in [-0.25, -0.2) is 4.39 Å². The second kappa shape index (κ2) is 8.68. The topological polar surface area (TPSA) is 98.6 Å². The Morgan fingerprint density at radius 1 is 1.06 bits per heavy atom. The van der Waals surface area contributed by atoms with E-state index in [9.17, 15) is 14.0 Å². The van der Waals surface area contributed by atoms with Crippen LogP contribution in [-0.4, -0.2) is 39.9 Å². The number of rotatable bonds is 4. The van der Waals surface area contributed by atoms with Gasteiger partial charge in [0.2, 0.25) is 18.6 Å². The summed E-state index contributed by atoms with van der Waals surface area (Å²) in [7, 11) is 0. The van der Waals surface area contributed by atoms with Crippen LogP contribution >= 0.6 is 0 Å². The van der Waals surface area contributed by atoms with Gasteiger partial charge in [-0.15, -0.1) is 10.2 Å². The molecule has 1 N–H and O–H groups in total. The molecule has 1 unspecified atom stereocenters. The lowest BCUT2D eigenvalue weighted by Gasteiger charge is -2.17. The molecule has 0 radical (unpaired) electrons. The van der Waals surface area contributed by atoms with Crippen LogP contribution in [0.4, 0.5) is 15.8 Å². The SMILES string of the molecule is O=C(Nc1cc(-c2nnc3n2CCCCC3)ccc1F)C1CC(=O)N(c2ccc3c(c2)OCO3)C1. The summed E-state index contributed by atoms with van der Waals surface area (Å²) in [5.41, 5.74) is 1.38. The number of hydrogen-bond donors (Lipinski definition) is 1. The molecule has 0 bridgehead atoms. The lowest BCUT2D eigenvalue weighted by Crippen LogP contribution is -2.28. The standard InChI is InChI=1S/C25H24FN5O4/c26-18-7-5-15(24-29-28-22-4-2-1-3-9-30(22)24)10-19(18)27-25(33)16-11-23(32)31(13-16)17-6-8-20-21(12-17)35-14-34-20/h5-8,10,12,16H,1-4,9,11,13-14H2,(H,27,33). The van der Waals surface area contributed by atoms with Crippen molar-refractivity contribution in [3.8, 4) is 22.9 Å². The number of aryl methyl sites for hydroxylation is 1. The largest absolute Gasteiger partial charge is 0.454 e. The van der Waals surface area contributed by atoms with E-state index in [0.29, 0.717) is 28.6 Å². The molecule has 3 aromatic rings. The summed E-state index contributed by atoms with van der Waals surface area (Å²) in [5, 5.41) is 11.3. The fraction of sp³-hybridized carbons (Fsp3) is 0.360. The van der Waals surface area contributed by atoms with Crippen LogP contribution in [0.5, 0.6) is 11.5 Å². The highest BCUT2D eigenvalue weighted by molar-refractivity contribution is 6.03. The lowest BCUT2D eigenvalue weighted by atomic mass is 10.1. The predicted octanol–water partition coefficient (Wildman–Crippen LogP) is 3.53. The first-order valence-corrected chi connectivity index (χ1v) is 11.8. The molecule has 1 saturated heterocycles. The van der Waals surface area contributed by atoms with Crippen molar-refractivity contribution in [3.63, 3.8) is 0 Å². The van der Waals surface area contributed by atoms with Crippen molar-refractivity contribution in [2.45, 2.75) is 38.6 Å². The van der Waals surface area contributed by atoms with Gasteiger partial charge in [0.25, 0.3) is 0 Å². The summed E-state index contributed by atoms with van der Waals surface area (Å²) in [6, 6.07) is 9.78. The van der Waals surface area contributed by atoms with E-state index >= 15 is 0 Å². The zero-order chi connectivity index (χ0) is 23.9.